The molecule has 0 N–H and O–H groups in total. The van der Waals surface area contributed by atoms with Crippen LogP contribution in [0, 0.1) is 0 Å². The van der Waals surface area contributed by atoms with Gasteiger partial charge >= 0.3 is 117 Å². The Morgan fingerprint density at radius 2 is 1.68 bits per heavy atom. The Hall–Kier alpha value is -1.83. The minimum absolute atomic E-state index is 0.418. The van der Waals surface area contributed by atoms with Crippen LogP contribution in [0.1, 0.15) is 0 Å². The summed E-state index contributed by atoms with van der Waals surface area (Å²) in [6.07, 6.45) is 2.27. The topological polar surface area (TPSA) is 8.29 Å². The molecule has 4 aromatic rings. The second-order valence-electron chi connectivity index (χ2n) is 4.67. The van der Waals surface area contributed by atoms with Crippen LogP contribution >= 0.6 is 0 Å². The molecular formula is C16H13N2Se+. The fourth-order valence-corrected chi connectivity index (χ4v) is 4.97. The summed E-state index contributed by atoms with van der Waals surface area (Å²) in [5.74, 6) is 1.27. The van der Waals surface area contributed by atoms with E-state index in [2.05, 4.69) is 76.8 Å². The van der Waals surface area contributed by atoms with E-state index in [0.717, 1.165) is 0 Å². The molecule has 2 aromatic heterocycles. The number of benzene rings is 2. The first-order valence-corrected chi connectivity index (χ1v) is 8.00. The Morgan fingerprint density at radius 3 is 2.53 bits per heavy atom. The van der Waals surface area contributed by atoms with Gasteiger partial charge in [0.05, 0.1) is 0 Å². The Balaban J connectivity index is 2.17. The molecule has 0 spiro atoms. The van der Waals surface area contributed by atoms with Crippen molar-refractivity contribution >= 4 is 28.7 Å². The number of aryl methyl sites for hydroxylation is 1. The van der Waals surface area contributed by atoms with Crippen molar-refractivity contribution in [3.8, 4) is 11.4 Å². The summed E-state index contributed by atoms with van der Waals surface area (Å²) in [5, 5.41) is 0. The van der Waals surface area contributed by atoms with Gasteiger partial charge in [-0.3, -0.25) is 0 Å². The number of hydrogen-bond acceptors (Lipinski definition) is 0. The fourth-order valence-electron chi connectivity index (χ4n) is 2.61. The maximum atomic E-state index is 2.41. The second-order valence-corrected chi connectivity index (χ2v) is 6.90. The van der Waals surface area contributed by atoms with Crippen LogP contribution in [-0.2, 0) is 7.05 Å². The second kappa shape index (κ2) is 4.09. The van der Waals surface area contributed by atoms with E-state index in [1.165, 1.54) is 25.6 Å². The predicted octanol–water partition coefficient (Wildman–Crippen LogP) is 2.64. The molecule has 0 radical (unpaired) electrons. The summed E-state index contributed by atoms with van der Waals surface area (Å²) in [6, 6.07) is 19.3. The van der Waals surface area contributed by atoms with Crippen molar-refractivity contribution in [2.75, 3.05) is 0 Å². The van der Waals surface area contributed by atoms with Crippen molar-refractivity contribution in [3.05, 3.63) is 60.8 Å². The molecule has 3 heteroatoms. The standard InChI is InChI=1S/C16H13N2Se/c1-17-11-15-18(13-9-5-6-10-14(13)19-15)16(17)12-7-3-2-4-8-12/h2-11H,1H3/q+1. The van der Waals surface area contributed by atoms with E-state index in [1.54, 1.807) is 0 Å². The van der Waals surface area contributed by atoms with Crippen LogP contribution in [0.15, 0.2) is 60.8 Å². The van der Waals surface area contributed by atoms with Crippen LogP contribution in [0.25, 0.3) is 25.6 Å². The average molecular weight is 312 g/mol. The third-order valence-electron chi connectivity index (χ3n) is 3.42. The van der Waals surface area contributed by atoms with Gasteiger partial charge in [-0.05, 0) is 0 Å². The van der Waals surface area contributed by atoms with Crippen molar-refractivity contribution in [3.63, 3.8) is 0 Å². The first kappa shape index (κ1) is 11.0. The molecule has 0 saturated heterocycles. The third-order valence-corrected chi connectivity index (χ3v) is 5.65. The van der Waals surface area contributed by atoms with Gasteiger partial charge < -0.3 is 0 Å². The first-order chi connectivity index (χ1) is 9.34. The van der Waals surface area contributed by atoms with Gasteiger partial charge in [0, 0.05) is 0 Å². The zero-order valence-corrected chi connectivity index (χ0v) is 12.3. The molecule has 4 rings (SSSR count). The van der Waals surface area contributed by atoms with Gasteiger partial charge in [0.2, 0.25) is 0 Å². The Labute approximate surface area is 117 Å². The van der Waals surface area contributed by atoms with Crippen LogP contribution < -0.4 is 4.57 Å². The Morgan fingerprint density at radius 1 is 0.947 bits per heavy atom. The minimum atomic E-state index is 0.418. The predicted molar refractivity (Wildman–Crippen MR) is 78.5 cm³/mol. The summed E-state index contributed by atoms with van der Waals surface area (Å²) < 4.78 is 7.55. The molecule has 19 heavy (non-hydrogen) atoms. The number of imidazole rings is 1. The number of fused-ring (bicyclic) bond motifs is 3. The quantitative estimate of drug-likeness (QED) is 0.377. The van der Waals surface area contributed by atoms with Crippen LogP contribution in [0.2, 0.25) is 0 Å². The van der Waals surface area contributed by atoms with Crippen LogP contribution in [0.4, 0.5) is 0 Å². The Kier molecular flexibility index (Phi) is 2.37. The molecule has 2 heterocycles. The third kappa shape index (κ3) is 1.59. The Bertz CT molecular complexity index is 872. The van der Waals surface area contributed by atoms with Crippen LogP contribution in [0.5, 0.6) is 0 Å². The van der Waals surface area contributed by atoms with Crippen molar-refractivity contribution in [1.29, 1.82) is 0 Å². The fraction of sp³-hybridized carbons (Fsp3) is 0.0625. The number of para-hydroxylation sites is 1. The van der Waals surface area contributed by atoms with E-state index in [1.807, 2.05) is 0 Å². The number of hydrogen-bond donors (Lipinski definition) is 0. The first-order valence-electron chi connectivity index (χ1n) is 6.28. The molecule has 2 aromatic carbocycles. The van der Waals surface area contributed by atoms with Gasteiger partial charge in [-0.25, -0.2) is 0 Å². The average Bonchev–Trinajstić information content (AvgIpc) is 2.94. The normalized spacial score (nSPS) is 11.4. The molecule has 0 aliphatic rings. The van der Waals surface area contributed by atoms with Crippen LogP contribution in [0.3, 0.4) is 0 Å². The summed E-state index contributed by atoms with van der Waals surface area (Å²) in [5.41, 5.74) is 2.61. The summed E-state index contributed by atoms with van der Waals surface area (Å²) in [4.78, 5) is 0. The van der Waals surface area contributed by atoms with Gasteiger partial charge in [0.25, 0.3) is 0 Å². The summed E-state index contributed by atoms with van der Waals surface area (Å²) in [6.45, 7) is 0. The van der Waals surface area contributed by atoms with Crippen molar-refractivity contribution in [2.45, 2.75) is 0 Å². The molecule has 0 fully saturated rings. The van der Waals surface area contributed by atoms with E-state index in [-0.39, 0.29) is 0 Å². The van der Waals surface area contributed by atoms with Crippen molar-refractivity contribution in [2.24, 2.45) is 7.05 Å². The molecule has 0 saturated carbocycles. The van der Waals surface area contributed by atoms with E-state index < -0.39 is 0 Å². The van der Waals surface area contributed by atoms with Gasteiger partial charge in [0.15, 0.2) is 0 Å². The van der Waals surface area contributed by atoms with Crippen molar-refractivity contribution in [1.82, 2.24) is 4.40 Å². The van der Waals surface area contributed by atoms with Gasteiger partial charge in [-0.2, -0.15) is 0 Å². The number of nitrogens with zero attached hydrogens (tertiary/aromatic N) is 2. The molecular weight excluding hydrogens is 299 g/mol. The maximum absolute atomic E-state index is 2.41. The van der Waals surface area contributed by atoms with E-state index in [4.69, 9.17) is 0 Å². The van der Waals surface area contributed by atoms with E-state index in [0.29, 0.717) is 14.5 Å². The van der Waals surface area contributed by atoms with E-state index in [9.17, 15) is 0 Å². The molecule has 0 aliphatic carbocycles. The number of aromatic nitrogens is 2. The molecule has 0 atom stereocenters. The molecule has 0 aliphatic heterocycles. The van der Waals surface area contributed by atoms with Gasteiger partial charge in [-0.15, -0.1) is 0 Å². The summed E-state index contributed by atoms with van der Waals surface area (Å²) in [7, 11) is 2.13. The molecule has 92 valence electrons. The molecule has 0 bridgehead atoms. The monoisotopic (exact) mass is 313 g/mol. The van der Waals surface area contributed by atoms with Gasteiger partial charge in [-0.1, -0.05) is 0 Å². The van der Waals surface area contributed by atoms with Crippen LogP contribution in [-0.4, -0.2) is 18.9 Å². The van der Waals surface area contributed by atoms with Gasteiger partial charge in [0.1, 0.15) is 0 Å². The zero-order valence-electron chi connectivity index (χ0n) is 10.6. The zero-order chi connectivity index (χ0) is 12.8. The van der Waals surface area contributed by atoms with E-state index >= 15 is 0 Å². The molecule has 0 amide bonds. The van der Waals surface area contributed by atoms with Crippen molar-refractivity contribution < 1.29 is 4.57 Å². The number of rotatable bonds is 1. The molecule has 0 unspecified atom stereocenters. The molecule has 2 nitrogen and oxygen atoms in total. The summed E-state index contributed by atoms with van der Waals surface area (Å²) >= 11 is 0.418. The SMILES string of the molecule is C[n+]1cc2[se]c3ccccc3n2c1-c1ccccc1.